The van der Waals surface area contributed by atoms with Crippen LogP contribution in [0.5, 0.6) is 0 Å². The molecule has 0 saturated carbocycles. The third kappa shape index (κ3) is 3.43. The van der Waals surface area contributed by atoms with Crippen molar-refractivity contribution in [3.8, 4) is 0 Å². The van der Waals surface area contributed by atoms with Gasteiger partial charge in [-0.2, -0.15) is 12.7 Å². The van der Waals surface area contributed by atoms with Crippen molar-refractivity contribution >= 4 is 21.6 Å². The second-order valence-electron chi connectivity index (χ2n) is 3.66. The maximum absolute atomic E-state index is 11.6. The van der Waals surface area contributed by atoms with Gasteiger partial charge in [0.25, 0.3) is 0 Å². The number of oxime groups is 1. The van der Waals surface area contributed by atoms with E-state index in [4.69, 9.17) is 5.21 Å². The summed E-state index contributed by atoms with van der Waals surface area (Å²) in [5.41, 5.74) is 1.47. The molecule has 1 aromatic rings. The van der Waals surface area contributed by atoms with E-state index in [1.165, 1.54) is 14.1 Å². The van der Waals surface area contributed by atoms with E-state index in [9.17, 15) is 8.42 Å². The lowest BCUT2D eigenvalue weighted by Gasteiger charge is -2.13. The Bertz CT molecular complexity index is 523. The third-order valence-electron chi connectivity index (χ3n) is 2.16. The van der Waals surface area contributed by atoms with Gasteiger partial charge in [0.2, 0.25) is 0 Å². The molecule has 0 radical (unpaired) electrons. The molecule has 0 spiro atoms. The molecular formula is C10H15N3O3S. The van der Waals surface area contributed by atoms with Crippen molar-refractivity contribution in [2.75, 3.05) is 18.8 Å². The maximum atomic E-state index is 11.6. The lowest BCUT2D eigenvalue weighted by Crippen LogP contribution is -2.28. The molecule has 0 heterocycles. The Morgan fingerprint density at radius 2 is 2.06 bits per heavy atom. The van der Waals surface area contributed by atoms with Gasteiger partial charge in [0.1, 0.15) is 0 Å². The van der Waals surface area contributed by atoms with E-state index in [0.29, 0.717) is 17.0 Å². The average molecular weight is 257 g/mol. The summed E-state index contributed by atoms with van der Waals surface area (Å²) in [6.45, 7) is 1.62. The second-order valence-corrected chi connectivity index (χ2v) is 5.54. The molecule has 0 aromatic heterocycles. The standard InChI is InChI=1S/C10H15N3O3S/c1-8(11-14)9-5-4-6-10(7-9)12-17(15,16)13(2)3/h4-7,12,14H,1-3H3/b11-8+. The Morgan fingerprint density at radius 1 is 1.41 bits per heavy atom. The van der Waals surface area contributed by atoms with Crippen LogP contribution in [-0.2, 0) is 10.2 Å². The second kappa shape index (κ2) is 5.15. The number of rotatable bonds is 4. The summed E-state index contributed by atoms with van der Waals surface area (Å²) < 4.78 is 26.6. The van der Waals surface area contributed by atoms with Crippen LogP contribution in [0.25, 0.3) is 0 Å². The summed E-state index contributed by atoms with van der Waals surface area (Å²) in [7, 11) is -0.645. The summed E-state index contributed by atoms with van der Waals surface area (Å²) in [5.74, 6) is 0. The van der Waals surface area contributed by atoms with Crippen LogP contribution < -0.4 is 4.72 Å². The van der Waals surface area contributed by atoms with Crippen molar-refractivity contribution in [1.82, 2.24) is 4.31 Å². The van der Waals surface area contributed by atoms with Crippen molar-refractivity contribution in [3.63, 3.8) is 0 Å². The predicted octanol–water partition coefficient (Wildman–Crippen LogP) is 1.10. The number of anilines is 1. The molecule has 0 saturated heterocycles. The Hall–Kier alpha value is -1.60. The number of nitrogens with one attached hydrogen (secondary N) is 1. The number of hydrogen-bond donors (Lipinski definition) is 2. The van der Waals surface area contributed by atoms with E-state index in [-0.39, 0.29) is 0 Å². The fourth-order valence-electron chi connectivity index (χ4n) is 1.11. The van der Waals surface area contributed by atoms with Gasteiger partial charge in [-0.05, 0) is 19.1 Å². The first-order valence-corrected chi connectivity index (χ1v) is 6.30. The van der Waals surface area contributed by atoms with Gasteiger partial charge in [0.15, 0.2) is 0 Å². The van der Waals surface area contributed by atoms with E-state index < -0.39 is 10.2 Å². The molecule has 17 heavy (non-hydrogen) atoms. The van der Waals surface area contributed by atoms with Crippen LogP contribution in [0, 0.1) is 0 Å². The molecular weight excluding hydrogens is 242 g/mol. The van der Waals surface area contributed by atoms with Crippen LogP contribution in [0.15, 0.2) is 29.4 Å². The first-order chi connectivity index (χ1) is 7.86. The lowest BCUT2D eigenvalue weighted by molar-refractivity contribution is 0.319. The molecule has 6 nitrogen and oxygen atoms in total. The highest BCUT2D eigenvalue weighted by atomic mass is 32.2. The van der Waals surface area contributed by atoms with Gasteiger partial charge < -0.3 is 5.21 Å². The Labute approximate surface area is 101 Å². The van der Waals surface area contributed by atoms with Gasteiger partial charge >= 0.3 is 10.2 Å². The first-order valence-electron chi connectivity index (χ1n) is 4.86. The Morgan fingerprint density at radius 3 is 2.59 bits per heavy atom. The minimum Gasteiger partial charge on any atom is -0.411 e. The van der Waals surface area contributed by atoms with Crippen molar-refractivity contribution in [2.45, 2.75) is 6.92 Å². The fraction of sp³-hybridized carbons (Fsp3) is 0.300. The van der Waals surface area contributed by atoms with Gasteiger partial charge in [-0.15, -0.1) is 0 Å². The highest BCUT2D eigenvalue weighted by Gasteiger charge is 2.13. The van der Waals surface area contributed by atoms with Crippen LogP contribution in [0.2, 0.25) is 0 Å². The zero-order valence-electron chi connectivity index (χ0n) is 9.88. The molecule has 0 fully saturated rings. The SMILES string of the molecule is C/C(=N\O)c1cccc(NS(=O)(=O)N(C)C)c1. The Kier molecular flexibility index (Phi) is 4.08. The van der Waals surface area contributed by atoms with E-state index in [2.05, 4.69) is 9.88 Å². The fourth-order valence-corrected chi connectivity index (χ4v) is 1.71. The largest absolute Gasteiger partial charge is 0.411 e. The normalized spacial score (nSPS) is 12.8. The van der Waals surface area contributed by atoms with Gasteiger partial charge in [-0.3, -0.25) is 4.72 Å². The average Bonchev–Trinajstić information content (AvgIpc) is 2.27. The van der Waals surface area contributed by atoms with Crippen molar-refractivity contribution < 1.29 is 13.6 Å². The van der Waals surface area contributed by atoms with Crippen LogP contribution in [0.4, 0.5) is 5.69 Å². The van der Waals surface area contributed by atoms with Gasteiger partial charge in [-0.25, -0.2) is 0 Å². The molecule has 1 aromatic carbocycles. The smallest absolute Gasteiger partial charge is 0.301 e. The zero-order chi connectivity index (χ0) is 13.1. The molecule has 0 bridgehead atoms. The van der Waals surface area contributed by atoms with E-state index in [1.807, 2.05) is 0 Å². The molecule has 7 heteroatoms. The molecule has 0 amide bonds. The zero-order valence-corrected chi connectivity index (χ0v) is 10.7. The number of hydrogen-bond acceptors (Lipinski definition) is 4. The lowest BCUT2D eigenvalue weighted by atomic mass is 10.1. The molecule has 2 N–H and O–H groups in total. The molecule has 0 aliphatic heterocycles. The summed E-state index contributed by atoms with van der Waals surface area (Å²) in [6.07, 6.45) is 0. The summed E-state index contributed by atoms with van der Waals surface area (Å²) in [4.78, 5) is 0. The molecule has 0 aliphatic carbocycles. The quantitative estimate of drug-likeness (QED) is 0.481. The van der Waals surface area contributed by atoms with Gasteiger partial charge in [-0.1, -0.05) is 17.3 Å². The highest BCUT2D eigenvalue weighted by molar-refractivity contribution is 7.90. The van der Waals surface area contributed by atoms with E-state index in [0.717, 1.165) is 4.31 Å². The van der Waals surface area contributed by atoms with Crippen LogP contribution in [0.3, 0.4) is 0 Å². The summed E-state index contributed by atoms with van der Waals surface area (Å²) in [6, 6.07) is 6.62. The third-order valence-corrected chi connectivity index (χ3v) is 3.61. The predicted molar refractivity (Wildman–Crippen MR) is 66.7 cm³/mol. The summed E-state index contributed by atoms with van der Waals surface area (Å²) in [5, 5.41) is 11.7. The molecule has 0 unspecified atom stereocenters. The number of benzene rings is 1. The topological polar surface area (TPSA) is 82.0 Å². The Balaban J connectivity index is 3.02. The molecule has 94 valence electrons. The van der Waals surface area contributed by atoms with E-state index in [1.54, 1.807) is 31.2 Å². The van der Waals surface area contributed by atoms with Gasteiger partial charge in [0, 0.05) is 19.7 Å². The van der Waals surface area contributed by atoms with Crippen molar-refractivity contribution in [2.24, 2.45) is 5.16 Å². The van der Waals surface area contributed by atoms with Crippen LogP contribution >= 0.6 is 0 Å². The van der Waals surface area contributed by atoms with Gasteiger partial charge in [0.05, 0.1) is 11.4 Å². The maximum Gasteiger partial charge on any atom is 0.301 e. The van der Waals surface area contributed by atoms with Crippen molar-refractivity contribution in [3.05, 3.63) is 29.8 Å². The number of nitrogens with zero attached hydrogens (tertiary/aromatic N) is 2. The molecule has 1 rings (SSSR count). The van der Waals surface area contributed by atoms with Crippen molar-refractivity contribution in [1.29, 1.82) is 0 Å². The first kappa shape index (κ1) is 13.5. The highest BCUT2D eigenvalue weighted by Crippen LogP contribution is 2.13. The molecule has 0 atom stereocenters. The minimum atomic E-state index is -3.52. The monoisotopic (exact) mass is 257 g/mol. The molecule has 0 aliphatic rings. The summed E-state index contributed by atoms with van der Waals surface area (Å²) >= 11 is 0. The van der Waals surface area contributed by atoms with Crippen LogP contribution in [0.1, 0.15) is 12.5 Å². The minimum absolute atomic E-state index is 0.413. The van der Waals surface area contributed by atoms with Crippen LogP contribution in [-0.4, -0.2) is 37.7 Å². The van der Waals surface area contributed by atoms with E-state index >= 15 is 0 Å².